The molecule has 0 aromatic rings. The van der Waals surface area contributed by atoms with Crippen LogP contribution >= 0.6 is 0 Å². The molecular weight excluding hydrogens is 134 g/mol. The van der Waals surface area contributed by atoms with Crippen LogP contribution in [0.4, 0.5) is 8.78 Å². The number of hydrogen-bond donors (Lipinski definition) is 0. The van der Waals surface area contributed by atoms with Crippen molar-refractivity contribution in [2.45, 2.75) is 32.6 Å². The van der Waals surface area contributed by atoms with Gasteiger partial charge >= 0.3 is 0 Å². The van der Waals surface area contributed by atoms with E-state index in [9.17, 15) is 8.78 Å². The first-order valence-electron chi connectivity index (χ1n) is 3.81. The first-order chi connectivity index (χ1) is 4.43. The smallest absolute Gasteiger partial charge is 0.206 e. The summed E-state index contributed by atoms with van der Waals surface area (Å²) in [6.45, 7) is 4.16. The molecule has 2 fully saturated rings. The van der Waals surface area contributed by atoms with Crippen molar-refractivity contribution < 1.29 is 8.78 Å². The summed E-state index contributed by atoms with van der Waals surface area (Å²) in [5.41, 5.74) is 0.191. The fraction of sp³-hybridized carbons (Fsp3) is 1.00. The van der Waals surface area contributed by atoms with E-state index >= 15 is 0 Å². The molecule has 0 saturated heterocycles. The largest absolute Gasteiger partial charge is 0.254 e. The molecular formula is C8H12F2. The van der Waals surface area contributed by atoms with Gasteiger partial charge in [-0.3, -0.25) is 0 Å². The topological polar surface area (TPSA) is 0 Å². The highest BCUT2D eigenvalue weighted by Gasteiger charge is 2.72. The van der Waals surface area contributed by atoms with E-state index in [1.807, 2.05) is 0 Å². The van der Waals surface area contributed by atoms with Gasteiger partial charge in [-0.2, -0.15) is 0 Å². The lowest BCUT2D eigenvalue weighted by Crippen LogP contribution is -2.14. The van der Waals surface area contributed by atoms with Crippen molar-refractivity contribution in [3.63, 3.8) is 0 Å². The van der Waals surface area contributed by atoms with E-state index in [1.54, 1.807) is 0 Å². The monoisotopic (exact) mass is 146 g/mol. The molecule has 0 aromatic heterocycles. The highest BCUT2D eigenvalue weighted by molar-refractivity contribution is 5.13. The fourth-order valence-corrected chi connectivity index (χ4v) is 2.29. The van der Waals surface area contributed by atoms with Crippen LogP contribution in [-0.2, 0) is 0 Å². The highest BCUT2D eigenvalue weighted by atomic mass is 19.3. The molecule has 10 heavy (non-hydrogen) atoms. The Morgan fingerprint density at radius 2 is 1.50 bits per heavy atom. The van der Waals surface area contributed by atoms with Crippen LogP contribution in [0.15, 0.2) is 0 Å². The number of fused-ring (bicyclic) bond motifs is 1. The Kier molecular flexibility index (Phi) is 0.911. The Morgan fingerprint density at radius 3 is 1.80 bits per heavy atom. The van der Waals surface area contributed by atoms with Gasteiger partial charge < -0.3 is 0 Å². The van der Waals surface area contributed by atoms with Crippen molar-refractivity contribution in [1.82, 2.24) is 0 Å². The normalized spacial score (nSPS) is 46.8. The van der Waals surface area contributed by atoms with E-state index in [0.717, 1.165) is 12.8 Å². The van der Waals surface area contributed by atoms with E-state index in [0.29, 0.717) is 0 Å². The quantitative estimate of drug-likeness (QED) is 0.493. The van der Waals surface area contributed by atoms with Gasteiger partial charge in [0.15, 0.2) is 0 Å². The summed E-state index contributed by atoms with van der Waals surface area (Å²) in [5, 5.41) is 0. The van der Waals surface area contributed by atoms with Crippen LogP contribution in [0.3, 0.4) is 0 Å². The lowest BCUT2D eigenvalue weighted by atomic mass is 9.87. The molecule has 0 radical (unpaired) electrons. The van der Waals surface area contributed by atoms with Crippen molar-refractivity contribution in [3.05, 3.63) is 0 Å². The van der Waals surface area contributed by atoms with Crippen molar-refractivity contribution >= 4 is 0 Å². The van der Waals surface area contributed by atoms with Gasteiger partial charge in [-0.15, -0.1) is 0 Å². The molecule has 2 rings (SSSR count). The van der Waals surface area contributed by atoms with Crippen molar-refractivity contribution in [1.29, 1.82) is 0 Å². The van der Waals surface area contributed by atoms with Gasteiger partial charge in [0, 0.05) is 11.8 Å². The molecule has 2 aliphatic carbocycles. The number of rotatable bonds is 0. The molecule has 0 spiro atoms. The van der Waals surface area contributed by atoms with E-state index in [2.05, 4.69) is 13.8 Å². The summed E-state index contributed by atoms with van der Waals surface area (Å²) >= 11 is 0. The first kappa shape index (κ1) is 6.56. The van der Waals surface area contributed by atoms with Crippen LogP contribution in [0.5, 0.6) is 0 Å². The molecule has 0 heterocycles. The van der Waals surface area contributed by atoms with Gasteiger partial charge in [0.1, 0.15) is 0 Å². The van der Waals surface area contributed by atoms with E-state index in [-0.39, 0.29) is 17.3 Å². The summed E-state index contributed by atoms with van der Waals surface area (Å²) in [6.07, 6.45) is 1.45. The highest BCUT2D eigenvalue weighted by Crippen LogP contribution is 2.68. The average Bonchev–Trinajstić information content (AvgIpc) is 2.24. The van der Waals surface area contributed by atoms with Gasteiger partial charge in [-0.1, -0.05) is 13.8 Å². The van der Waals surface area contributed by atoms with Crippen molar-refractivity contribution in [2.75, 3.05) is 0 Å². The molecule has 2 atom stereocenters. The molecule has 2 aliphatic rings. The van der Waals surface area contributed by atoms with Crippen LogP contribution < -0.4 is 0 Å². The van der Waals surface area contributed by atoms with Crippen LogP contribution in [0, 0.1) is 17.3 Å². The minimum atomic E-state index is -2.28. The summed E-state index contributed by atoms with van der Waals surface area (Å²) < 4.78 is 25.2. The van der Waals surface area contributed by atoms with E-state index < -0.39 is 5.92 Å². The Bertz CT molecular complexity index is 154. The molecule has 2 heteroatoms. The summed E-state index contributed by atoms with van der Waals surface area (Å²) in [5.74, 6) is -2.81. The third kappa shape index (κ3) is 0.650. The molecule has 58 valence electrons. The maximum absolute atomic E-state index is 12.6. The Hall–Kier alpha value is -0.140. The summed E-state index contributed by atoms with van der Waals surface area (Å²) in [4.78, 5) is 0. The molecule has 0 nitrogen and oxygen atoms in total. The third-order valence-corrected chi connectivity index (χ3v) is 2.91. The predicted molar refractivity (Wildman–Crippen MR) is 34.9 cm³/mol. The number of hydrogen-bond acceptors (Lipinski definition) is 0. The van der Waals surface area contributed by atoms with Gasteiger partial charge in [0.2, 0.25) is 0 Å². The lowest BCUT2D eigenvalue weighted by Gasteiger charge is -2.20. The second kappa shape index (κ2) is 1.39. The van der Waals surface area contributed by atoms with E-state index in [1.165, 1.54) is 0 Å². The Balaban J connectivity index is 2.09. The van der Waals surface area contributed by atoms with E-state index in [4.69, 9.17) is 0 Å². The first-order valence-corrected chi connectivity index (χ1v) is 3.81. The second-order valence-corrected chi connectivity index (χ2v) is 4.46. The van der Waals surface area contributed by atoms with Crippen molar-refractivity contribution in [3.8, 4) is 0 Å². The Morgan fingerprint density at radius 1 is 1.10 bits per heavy atom. The zero-order valence-corrected chi connectivity index (χ0v) is 6.32. The molecule has 2 saturated carbocycles. The maximum atomic E-state index is 12.6. The van der Waals surface area contributed by atoms with Crippen LogP contribution in [0.1, 0.15) is 26.7 Å². The SMILES string of the molecule is CC1(C)C[C@@H]2[C@H](C1)C2(F)F. The minimum absolute atomic E-state index is 0.191. The molecule has 0 unspecified atom stereocenters. The van der Waals surface area contributed by atoms with Crippen LogP contribution in [-0.4, -0.2) is 5.92 Å². The minimum Gasteiger partial charge on any atom is -0.206 e. The second-order valence-electron chi connectivity index (χ2n) is 4.46. The fourth-order valence-electron chi connectivity index (χ4n) is 2.29. The summed E-state index contributed by atoms with van der Waals surface area (Å²) in [6, 6.07) is 0. The predicted octanol–water partition coefficient (Wildman–Crippen LogP) is 2.69. The third-order valence-electron chi connectivity index (χ3n) is 2.91. The standard InChI is InChI=1S/C8H12F2/c1-7(2)3-5-6(4-7)8(5,9)10/h5-6H,3-4H2,1-2H3/t5-,6+. The van der Waals surface area contributed by atoms with Crippen LogP contribution in [0.2, 0.25) is 0 Å². The number of halogens is 2. The zero-order chi connectivity index (χ0) is 7.57. The molecule has 0 aliphatic heterocycles. The maximum Gasteiger partial charge on any atom is 0.254 e. The van der Waals surface area contributed by atoms with Gasteiger partial charge in [-0.25, -0.2) is 8.78 Å². The average molecular weight is 146 g/mol. The lowest BCUT2D eigenvalue weighted by molar-refractivity contribution is 0.0515. The summed E-state index contributed by atoms with van der Waals surface area (Å²) in [7, 11) is 0. The molecule has 0 aromatic carbocycles. The van der Waals surface area contributed by atoms with Crippen molar-refractivity contribution in [2.24, 2.45) is 17.3 Å². The van der Waals surface area contributed by atoms with Gasteiger partial charge in [0.05, 0.1) is 0 Å². The zero-order valence-electron chi connectivity index (χ0n) is 6.32. The number of alkyl halides is 2. The van der Waals surface area contributed by atoms with Crippen LogP contribution in [0.25, 0.3) is 0 Å². The van der Waals surface area contributed by atoms with Gasteiger partial charge in [-0.05, 0) is 18.3 Å². The molecule has 0 N–H and O–H groups in total. The molecule has 0 amide bonds. The molecule has 0 bridgehead atoms. The van der Waals surface area contributed by atoms with Gasteiger partial charge in [0.25, 0.3) is 5.92 Å². The Labute approximate surface area is 59.6 Å².